The molecule has 52 valence electrons. The largest absolute Gasteiger partial charge is 2.00 e. The Kier molecular flexibility index (Phi) is 6.73. The van der Waals surface area contributed by atoms with Gasteiger partial charge >= 0.3 is 23.1 Å². The minimum absolute atomic E-state index is 0. The third-order valence-electron chi connectivity index (χ3n) is 0.869. The Bertz CT molecular complexity index is 138. The van der Waals surface area contributed by atoms with E-state index in [1.807, 2.05) is 0 Å². The maximum atomic E-state index is 9.83. The zero-order chi connectivity index (χ0) is 7.44. The van der Waals surface area contributed by atoms with Crippen LogP contribution in [0.5, 0.6) is 0 Å². The van der Waals surface area contributed by atoms with Crippen LogP contribution in [0.2, 0.25) is 0 Å². The molecule has 0 bridgehead atoms. The fraction of sp³-hybridized carbons (Fsp3) is 0.500. The van der Waals surface area contributed by atoms with Crippen molar-refractivity contribution in [3.8, 4) is 0 Å². The van der Waals surface area contributed by atoms with Crippen molar-refractivity contribution in [2.45, 2.75) is 0 Å². The van der Waals surface area contributed by atoms with Crippen molar-refractivity contribution in [1.29, 1.82) is 5.41 Å². The Morgan fingerprint density at radius 2 is 2.20 bits per heavy atom. The fourth-order valence-electron chi connectivity index (χ4n) is 0.312. The summed E-state index contributed by atoms with van der Waals surface area (Å²) in [7, 11) is 1.48. The normalized spacial score (nSPS) is 11.3. The number of hydrogen-bond donors (Lipinski definition) is 3. The number of carboxylic acid groups (broad SMARTS) is 1. The van der Waals surface area contributed by atoms with Gasteiger partial charge in [0, 0.05) is 0 Å². The second-order valence-corrected chi connectivity index (χ2v) is 1.74. The first-order chi connectivity index (χ1) is 4.04. The number of carbonyl (C=O) groups excluding carboxylic acids is 1. The second-order valence-electron chi connectivity index (χ2n) is 1.74. The summed E-state index contributed by atoms with van der Waals surface area (Å²) in [5, 5.41) is 16.6. The van der Waals surface area contributed by atoms with E-state index in [2.05, 4.69) is 0 Å². The van der Waals surface area contributed by atoms with Crippen molar-refractivity contribution in [3.63, 3.8) is 0 Å². The first kappa shape index (κ1) is 12.4. The van der Waals surface area contributed by atoms with Crippen molar-refractivity contribution < 1.29 is 14.8 Å². The quantitative estimate of drug-likeness (QED) is 0.214. The van der Waals surface area contributed by atoms with E-state index >= 15 is 0 Å². The van der Waals surface area contributed by atoms with Crippen LogP contribution in [0, 0.1) is 5.41 Å². The van der Waals surface area contributed by atoms with E-state index < -0.39 is 5.97 Å². The van der Waals surface area contributed by atoms with Gasteiger partial charge in [-0.25, -0.2) is 5.41 Å². The van der Waals surface area contributed by atoms with Gasteiger partial charge in [-0.15, -0.1) is 0 Å². The number of guanidine groups is 1. The minimum atomic E-state index is -1.21. The molecule has 0 fully saturated rings. The number of likely N-dealkylation sites (N-methyl/N-ethyl adjacent to an activating group) is 1. The standard InChI is InChI=1S/C4H9N3O2.Mg/c1-7(4(5)6)2-3(8)9;/h2H2,1H3,(H3,5,6)(H,8,9);/q;+2. The maximum Gasteiger partial charge on any atom is 2.00 e. The van der Waals surface area contributed by atoms with E-state index in [0.717, 1.165) is 0 Å². The number of aliphatic carboxylic acids is 1. The van der Waals surface area contributed by atoms with Crippen molar-refractivity contribution >= 4 is 35.0 Å². The van der Waals surface area contributed by atoms with Gasteiger partial charge in [0.25, 0.3) is 5.96 Å². The molecule has 1 atom stereocenters. The van der Waals surface area contributed by atoms with Gasteiger partial charge in [-0.2, -0.15) is 0 Å². The summed E-state index contributed by atoms with van der Waals surface area (Å²) in [6, 6.07) is 0. The number of quaternary nitrogens is 1. The molecule has 0 aromatic carbocycles. The Morgan fingerprint density at radius 1 is 1.80 bits per heavy atom. The van der Waals surface area contributed by atoms with E-state index in [9.17, 15) is 9.90 Å². The number of carbonyl (C=O) groups is 1. The molecule has 0 saturated carbocycles. The van der Waals surface area contributed by atoms with E-state index in [4.69, 9.17) is 11.1 Å². The molecule has 0 heterocycles. The average molecular weight is 155 g/mol. The van der Waals surface area contributed by atoms with Gasteiger partial charge in [-0.05, 0) is 0 Å². The Hall–Kier alpha value is -0.334. The summed E-state index contributed by atoms with van der Waals surface area (Å²) >= 11 is 0. The molecule has 0 spiro atoms. The van der Waals surface area contributed by atoms with Crippen LogP contribution in [0.3, 0.4) is 0 Å². The topological polar surface area (TPSA) is 94.4 Å². The van der Waals surface area contributed by atoms with Gasteiger partial charge in [0.15, 0.2) is 0 Å². The molecule has 0 aliphatic rings. The number of nitrogens with two attached hydrogens (primary N) is 1. The SMILES string of the molecule is C[NH+](CC(=O)[O-])C(=N)N.[Mg+2]. The third-order valence-corrected chi connectivity index (χ3v) is 0.869. The molecule has 0 saturated heterocycles. The zero-order valence-corrected chi connectivity index (χ0v) is 7.22. The van der Waals surface area contributed by atoms with Crippen molar-refractivity contribution in [3.05, 3.63) is 0 Å². The van der Waals surface area contributed by atoms with Crippen molar-refractivity contribution in [2.75, 3.05) is 13.6 Å². The Labute approximate surface area is 74.8 Å². The molecule has 0 aromatic heterocycles. The van der Waals surface area contributed by atoms with Crippen LogP contribution in [-0.4, -0.2) is 48.6 Å². The smallest absolute Gasteiger partial charge is 0.544 e. The number of carboxylic acids is 1. The molecular formula is C4H9MgN3O2+2. The molecule has 4 N–H and O–H groups in total. The third kappa shape index (κ3) is 5.80. The molecule has 0 amide bonds. The van der Waals surface area contributed by atoms with Gasteiger partial charge in [0.2, 0.25) is 0 Å². The Balaban J connectivity index is 0. The molecule has 1 unspecified atom stereocenters. The molecule has 0 aliphatic carbocycles. The van der Waals surface area contributed by atoms with Gasteiger partial charge < -0.3 is 15.6 Å². The van der Waals surface area contributed by atoms with E-state index in [1.54, 1.807) is 0 Å². The summed E-state index contributed by atoms with van der Waals surface area (Å²) in [6.07, 6.45) is 0. The molecule has 10 heavy (non-hydrogen) atoms. The van der Waals surface area contributed by atoms with Crippen LogP contribution >= 0.6 is 0 Å². The van der Waals surface area contributed by atoms with Crippen LogP contribution < -0.4 is 15.7 Å². The molecule has 0 aromatic rings. The molecule has 6 heteroatoms. The van der Waals surface area contributed by atoms with E-state index in [1.165, 1.54) is 7.05 Å². The van der Waals surface area contributed by atoms with Crippen LogP contribution in [0.15, 0.2) is 0 Å². The fourth-order valence-corrected chi connectivity index (χ4v) is 0.312. The first-order valence-corrected chi connectivity index (χ1v) is 2.40. The summed E-state index contributed by atoms with van der Waals surface area (Å²) in [4.78, 5) is 10.2. The van der Waals surface area contributed by atoms with Gasteiger partial charge in [-0.3, -0.25) is 4.90 Å². The maximum absolute atomic E-state index is 9.83. The number of rotatable bonds is 2. The summed E-state index contributed by atoms with van der Waals surface area (Å²) in [6.45, 7) is -0.255. The average Bonchev–Trinajstić information content (AvgIpc) is 1.63. The van der Waals surface area contributed by atoms with Crippen molar-refractivity contribution in [2.24, 2.45) is 5.73 Å². The summed E-state index contributed by atoms with van der Waals surface area (Å²) in [5.74, 6) is -1.40. The molecule has 5 nitrogen and oxygen atoms in total. The number of hydrogen-bond acceptors (Lipinski definition) is 3. The van der Waals surface area contributed by atoms with E-state index in [0.29, 0.717) is 4.90 Å². The minimum Gasteiger partial charge on any atom is -0.544 e. The second kappa shape index (κ2) is 5.45. The first-order valence-electron chi connectivity index (χ1n) is 2.40. The molecule has 0 aliphatic heterocycles. The summed E-state index contributed by atoms with van der Waals surface area (Å²) in [5.41, 5.74) is 4.94. The molecule has 0 radical (unpaired) electrons. The van der Waals surface area contributed by atoms with Crippen LogP contribution in [-0.2, 0) is 4.79 Å². The van der Waals surface area contributed by atoms with Gasteiger partial charge in [0.05, 0.1) is 13.0 Å². The Morgan fingerprint density at radius 3 is 2.30 bits per heavy atom. The van der Waals surface area contributed by atoms with Gasteiger partial charge in [-0.1, -0.05) is 0 Å². The monoisotopic (exact) mass is 155 g/mol. The zero-order valence-electron chi connectivity index (χ0n) is 5.81. The number of nitrogens with one attached hydrogen (secondary N) is 2. The van der Waals surface area contributed by atoms with Crippen molar-refractivity contribution in [1.82, 2.24) is 0 Å². The summed E-state index contributed by atoms with van der Waals surface area (Å²) < 4.78 is 0. The van der Waals surface area contributed by atoms with Gasteiger partial charge in [0.1, 0.15) is 6.54 Å². The molecular weight excluding hydrogens is 146 g/mol. The predicted octanol–water partition coefficient (Wildman–Crippen LogP) is -4.24. The predicted molar refractivity (Wildman–Crippen MR) is 34.4 cm³/mol. The molecule has 0 rings (SSSR count). The van der Waals surface area contributed by atoms with Crippen LogP contribution in [0.4, 0.5) is 0 Å². The van der Waals surface area contributed by atoms with E-state index in [-0.39, 0.29) is 35.6 Å². The van der Waals surface area contributed by atoms with Crippen LogP contribution in [0.1, 0.15) is 0 Å². The van der Waals surface area contributed by atoms with Crippen LogP contribution in [0.25, 0.3) is 0 Å².